The van der Waals surface area contributed by atoms with Gasteiger partial charge in [0.2, 0.25) is 0 Å². The molecule has 0 fully saturated rings. The van der Waals surface area contributed by atoms with Gasteiger partial charge in [0.1, 0.15) is 23.9 Å². The second-order valence-corrected chi connectivity index (χ2v) is 5.19. The van der Waals surface area contributed by atoms with Gasteiger partial charge in [-0.1, -0.05) is 13.8 Å². The summed E-state index contributed by atoms with van der Waals surface area (Å²) >= 11 is 0. The number of ether oxygens (including phenoxy) is 4. The molecule has 0 radical (unpaired) electrons. The molecule has 0 spiro atoms. The summed E-state index contributed by atoms with van der Waals surface area (Å²) in [6, 6.07) is 3.81. The quantitative estimate of drug-likeness (QED) is 0.609. The van der Waals surface area contributed by atoms with E-state index in [2.05, 4.69) is 0 Å². The Balaban J connectivity index is 2.75. The lowest BCUT2D eigenvalue weighted by atomic mass is 10.3. The Morgan fingerprint density at radius 2 is 1.67 bits per heavy atom. The normalized spacial score (nSPS) is 10.8. The lowest BCUT2D eigenvalue weighted by Crippen LogP contribution is -2.34. The van der Waals surface area contributed by atoms with Crippen molar-refractivity contribution in [1.82, 2.24) is 4.90 Å². The molecular formula is C17H26FNO5. The summed E-state index contributed by atoms with van der Waals surface area (Å²) in [6.45, 7) is 5.23. The van der Waals surface area contributed by atoms with Crippen molar-refractivity contribution >= 4 is 6.09 Å². The molecule has 0 aliphatic carbocycles. The minimum atomic E-state index is -0.566. The fourth-order valence-electron chi connectivity index (χ4n) is 2.08. The van der Waals surface area contributed by atoms with E-state index in [1.165, 1.54) is 26.4 Å². The molecule has 0 aliphatic rings. The first kappa shape index (κ1) is 20.2. The van der Waals surface area contributed by atoms with Crippen LogP contribution in [0.5, 0.6) is 11.5 Å². The van der Waals surface area contributed by atoms with Crippen LogP contribution in [0.3, 0.4) is 0 Å². The standard InChI is InChI=1S/C17H26FNO5/c1-5-7-19(8-6-2)17(20)24-15-10-13(18)9-14(11-15)23-12-16(21-3)22-4/h9-11,16H,5-8,12H2,1-4H3. The van der Waals surface area contributed by atoms with Crippen molar-refractivity contribution in [1.29, 1.82) is 0 Å². The highest BCUT2D eigenvalue weighted by Crippen LogP contribution is 2.23. The molecule has 1 rings (SSSR count). The maximum Gasteiger partial charge on any atom is 0.415 e. The maximum atomic E-state index is 13.7. The Morgan fingerprint density at radius 3 is 2.21 bits per heavy atom. The van der Waals surface area contributed by atoms with Crippen LogP contribution in [0.25, 0.3) is 0 Å². The third-order valence-corrected chi connectivity index (χ3v) is 3.21. The van der Waals surface area contributed by atoms with Gasteiger partial charge in [0.05, 0.1) is 0 Å². The molecule has 1 aromatic rings. The molecule has 0 aliphatic heterocycles. The van der Waals surface area contributed by atoms with Crippen molar-refractivity contribution in [3.05, 3.63) is 24.0 Å². The molecule has 0 aromatic heterocycles. The first-order valence-electron chi connectivity index (χ1n) is 7.99. The van der Waals surface area contributed by atoms with Gasteiger partial charge in [-0.3, -0.25) is 0 Å². The summed E-state index contributed by atoms with van der Waals surface area (Å²) in [5.41, 5.74) is 0. The van der Waals surface area contributed by atoms with Crippen molar-refractivity contribution in [3.63, 3.8) is 0 Å². The molecule has 0 saturated carbocycles. The van der Waals surface area contributed by atoms with E-state index in [0.717, 1.165) is 18.9 Å². The first-order valence-corrected chi connectivity index (χ1v) is 7.99. The third-order valence-electron chi connectivity index (χ3n) is 3.21. The topological polar surface area (TPSA) is 57.2 Å². The van der Waals surface area contributed by atoms with E-state index in [1.807, 2.05) is 13.8 Å². The SMILES string of the molecule is CCCN(CCC)C(=O)Oc1cc(F)cc(OCC(OC)OC)c1. The highest BCUT2D eigenvalue weighted by atomic mass is 19.1. The second kappa shape index (κ2) is 10.8. The van der Waals surface area contributed by atoms with Gasteiger partial charge >= 0.3 is 6.09 Å². The van der Waals surface area contributed by atoms with Gasteiger partial charge in [0.15, 0.2) is 6.29 Å². The van der Waals surface area contributed by atoms with E-state index in [-0.39, 0.29) is 18.1 Å². The highest BCUT2D eigenvalue weighted by Gasteiger charge is 2.15. The van der Waals surface area contributed by atoms with E-state index >= 15 is 0 Å². The van der Waals surface area contributed by atoms with Gasteiger partial charge in [-0.25, -0.2) is 9.18 Å². The number of carbonyl (C=O) groups excluding carboxylic acids is 1. The summed E-state index contributed by atoms with van der Waals surface area (Å²) in [6.07, 6.45) is 0.579. The van der Waals surface area contributed by atoms with Crippen LogP contribution in [-0.4, -0.2) is 51.2 Å². The van der Waals surface area contributed by atoms with Crippen LogP contribution >= 0.6 is 0 Å². The molecule has 1 amide bonds. The molecule has 24 heavy (non-hydrogen) atoms. The van der Waals surface area contributed by atoms with Gasteiger partial charge in [0.25, 0.3) is 0 Å². The van der Waals surface area contributed by atoms with Gasteiger partial charge < -0.3 is 23.8 Å². The molecule has 0 atom stereocenters. The summed E-state index contributed by atoms with van der Waals surface area (Å²) in [7, 11) is 2.96. The molecule has 0 heterocycles. The van der Waals surface area contributed by atoms with Crippen LogP contribution in [0.15, 0.2) is 18.2 Å². The predicted octanol–water partition coefficient (Wildman–Crippen LogP) is 3.44. The zero-order valence-corrected chi connectivity index (χ0v) is 14.7. The number of halogens is 1. The highest BCUT2D eigenvalue weighted by molar-refractivity contribution is 5.70. The Hall–Kier alpha value is -1.86. The minimum Gasteiger partial charge on any atom is -0.488 e. The average Bonchev–Trinajstić information content (AvgIpc) is 2.55. The summed E-state index contributed by atoms with van der Waals surface area (Å²) in [5.74, 6) is -0.229. The van der Waals surface area contributed by atoms with Crippen LogP contribution < -0.4 is 9.47 Å². The fourth-order valence-corrected chi connectivity index (χ4v) is 2.08. The maximum absolute atomic E-state index is 13.7. The van der Waals surface area contributed by atoms with Crippen molar-refractivity contribution in [2.24, 2.45) is 0 Å². The van der Waals surface area contributed by atoms with Gasteiger partial charge in [-0.2, -0.15) is 0 Å². The van der Waals surface area contributed by atoms with E-state index in [4.69, 9.17) is 18.9 Å². The lowest BCUT2D eigenvalue weighted by Gasteiger charge is -2.21. The molecule has 0 saturated heterocycles. The van der Waals surface area contributed by atoms with E-state index in [1.54, 1.807) is 4.90 Å². The zero-order chi connectivity index (χ0) is 17.9. The summed E-state index contributed by atoms with van der Waals surface area (Å²) in [4.78, 5) is 13.8. The largest absolute Gasteiger partial charge is 0.488 e. The Bertz CT molecular complexity index is 502. The molecule has 0 bridgehead atoms. The van der Waals surface area contributed by atoms with Crippen LogP contribution in [0, 0.1) is 5.82 Å². The monoisotopic (exact) mass is 343 g/mol. The molecule has 136 valence electrons. The van der Waals surface area contributed by atoms with Crippen molar-refractivity contribution in [3.8, 4) is 11.5 Å². The van der Waals surface area contributed by atoms with Crippen molar-refractivity contribution in [2.45, 2.75) is 33.0 Å². The molecule has 7 heteroatoms. The smallest absolute Gasteiger partial charge is 0.415 e. The number of nitrogens with zero attached hydrogens (tertiary/aromatic N) is 1. The van der Waals surface area contributed by atoms with Crippen LogP contribution in [0.2, 0.25) is 0 Å². The number of benzene rings is 1. The number of amides is 1. The molecule has 0 unspecified atom stereocenters. The molecule has 6 nitrogen and oxygen atoms in total. The zero-order valence-electron chi connectivity index (χ0n) is 14.7. The van der Waals surface area contributed by atoms with Gasteiger partial charge in [0, 0.05) is 45.5 Å². The van der Waals surface area contributed by atoms with Crippen LogP contribution in [-0.2, 0) is 9.47 Å². The lowest BCUT2D eigenvalue weighted by molar-refractivity contribution is -0.122. The minimum absolute atomic E-state index is 0.0850. The molecule has 0 N–H and O–H groups in total. The number of methoxy groups -OCH3 is 2. The Morgan fingerprint density at radius 1 is 1.08 bits per heavy atom. The number of hydrogen-bond donors (Lipinski definition) is 0. The molecule has 1 aromatic carbocycles. The number of rotatable bonds is 10. The van der Waals surface area contributed by atoms with Crippen molar-refractivity contribution in [2.75, 3.05) is 33.9 Å². The summed E-state index contributed by atoms with van der Waals surface area (Å²) < 4.78 is 34.4. The molecular weight excluding hydrogens is 317 g/mol. The predicted molar refractivity (Wildman–Crippen MR) is 87.9 cm³/mol. The summed E-state index contributed by atoms with van der Waals surface area (Å²) in [5, 5.41) is 0. The van der Waals surface area contributed by atoms with Crippen LogP contribution in [0.4, 0.5) is 9.18 Å². The van der Waals surface area contributed by atoms with Gasteiger partial charge in [-0.15, -0.1) is 0 Å². The van der Waals surface area contributed by atoms with Gasteiger partial charge in [-0.05, 0) is 12.8 Å². The number of carbonyl (C=O) groups is 1. The van der Waals surface area contributed by atoms with Crippen molar-refractivity contribution < 1.29 is 28.1 Å². The second-order valence-electron chi connectivity index (χ2n) is 5.19. The van der Waals surface area contributed by atoms with Crippen LogP contribution in [0.1, 0.15) is 26.7 Å². The fraction of sp³-hybridized carbons (Fsp3) is 0.588. The van der Waals surface area contributed by atoms with E-state index in [9.17, 15) is 9.18 Å². The third kappa shape index (κ3) is 6.72. The Labute approximate surface area is 142 Å². The Kier molecular flexibility index (Phi) is 9.11. The van der Waals surface area contributed by atoms with E-state index < -0.39 is 18.2 Å². The average molecular weight is 343 g/mol. The number of hydrogen-bond acceptors (Lipinski definition) is 5. The first-order chi connectivity index (χ1) is 11.5. The van der Waals surface area contributed by atoms with E-state index in [0.29, 0.717) is 13.1 Å².